The lowest BCUT2D eigenvalue weighted by atomic mass is 9.88. The molecule has 0 bridgehead atoms. The summed E-state index contributed by atoms with van der Waals surface area (Å²) in [7, 11) is 5.54. The second-order valence-electron chi connectivity index (χ2n) is 4.99. The van der Waals surface area contributed by atoms with Crippen LogP contribution < -0.4 is 5.32 Å². The SMILES string of the molecule is COC(=O)C1(NCCN(C)C)CCCC1C. The normalized spacial score (nSPS) is 29.7. The van der Waals surface area contributed by atoms with E-state index in [1.165, 1.54) is 7.11 Å². The molecule has 1 rings (SSSR count). The lowest BCUT2D eigenvalue weighted by Crippen LogP contribution is -2.56. The van der Waals surface area contributed by atoms with Crippen molar-refractivity contribution < 1.29 is 9.53 Å². The molecule has 1 N–H and O–H groups in total. The summed E-state index contributed by atoms with van der Waals surface area (Å²) >= 11 is 0. The first-order chi connectivity index (χ1) is 7.53. The summed E-state index contributed by atoms with van der Waals surface area (Å²) in [5, 5.41) is 3.41. The van der Waals surface area contributed by atoms with Gasteiger partial charge in [-0.15, -0.1) is 0 Å². The average Bonchev–Trinajstić information content (AvgIpc) is 2.60. The van der Waals surface area contributed by atoms with Crippen molar-refractivity contribution in [2.24, 2.45) is 5.92 Å². The van der Waals surface area contributed by atoms with E-state index < -0.39 is 5.54 Å². The third-order valence-electron chi connectivity index (χ3n) is 3.60. The Labute approximate surface area is 98.3 Å². The van der Waals surface area contributed by atoms with E-state index >= 15 is 0 Å². The van der Waals surface area contributed by atoms with Gasteiger partial charge in [0.2, 0.25) is 0 Å². The number of nitrogens with zero attached hydrogens (tertiary/aromatic N) is 1. The topological polar surface area (TPSA) is 41.6 Å². The second-order valence-corrected chi connectivity index (χ2v) is 4.99. The average molecular weight is 228 g/mol. The van der Waals surface area contributed by atoms with Crippen LogP contribution in [0, 0.1) is 5.92 Å². The van der Waals surface area contributed by atoms with Crippen molar-refractivity contribution in [3.05, 3.63) is 0 Å². The maximum Gasteiger partial charge on any atom is 0.326 e. The van der Waals surface area contributed by atoms with Gasteiger partial charge in [-0.1, -0.05) is 13.3 Å². The van der Waals surface area contributed by atoms with Crippen LogP contribution in [0.4, 0.5) is 0 Å². The molecule has 0 aromatic rings. The molecule has 2 unspecified atom stereocenters. The molecule has 0 aliphatic heterocycles. The van der Waals surface area contributed by atoms with Crippen molar-refractivity contribution in [3.63, 3.8) is 0 Å². The van der Waals surface area contributed by atoms with Crippen LogP contribution in [-0.4, -0.2) is 50.7 Å². The van der Waals surface area contributed by atoms with Crippen molar-refractivity contribution >= 4 is 5.97 Å². The van der Waals surface area contributed by atoms with E-state index in [0.29, 0.717) is 5.92 Å². The predicted octanol–water partition coefficient (Wildman–Crippen LogP) is 0.869. The van der Waals surface area contributed by atoms with Gasteiger partial charge in [-0.3, -0.25) is 4.79 Å². The highest BCUT2D eigenvalue weighted by Gasteiger charge is 2.47. The fourth-order valence-electron chi connectivity index (χ4n) is 2.50. The van der Waals surface area contributed by atoms with E-state index in [1.54, 1.807) is 0 Å². The summed E-state index contributed by atoms with van der Waals surface area (Å²) in [6.45, 7) is 3.89. The van der Waals surface area contributed by atoms with Crippen LogP contribution >= 0.6 is 0 Å². The smallest absolute Gasteiger partial charge is 0.326 e. The molecule has 1 saturated carbocycles. The number of hydrogen-bond donors (Lipinski definition) is 1. The van der Waals surface area contributed by atoms with Crippen LogP contribution in [0.1, 0.15) is 26.2 Å². The highest BCUT2D eigenvalue weighted by Crippen LogP contribution is 2.36. The largest absolute Gasteiger partial charge is 0.468 e. The van der Waals surface area contributed by atoms with Crippen molar-refractivity contribution in [1.29, 1.82) is 0 Å². The lowest BCUT2D eigenvalue weighted by Gasteiger charge is -2.32. The minimum atomic E-state index is -0.440. The number of carbonyl (C=O) groups excluding carboxylic acids is 1. The van der Waals surface area contributed by atoms with Gasteiger partial charge in [0.15, 0.2) is 0 Å². The first kappa shape index (κ1) is 13.5. The summed E-state index contributed by atoms with van der Waals surface area (Å²) in [5.41, 5.74) is -0.440. The molecule has 0 radical (unpaired) electrons. The van der Waals surface area contributed by atoms with Crippen LogP contribution in [0.5, 0.6) is 0 Å². The van der Waals surface area contributed by atoms with Gasteiger partial charge in [-0.25, -0.2) is 0 Å². The fraction of sp³-hybridized carbons (Fsp3) is 0.917. The number of hydrogen-bond acceptors (Lipinski definition) is 4. The van der Waals surface area contributed by atoms with Gasteiger partial charge in [0.05, 0.1) is 7.11 Å². The van der Waals surface area contributed by atoms with E-state index in [4.69, 9.17) is 4.74 Å². The molecular formula is C12H24N2O2. The molecule has 16 heavy (non-hydrogen) atoms. The molecule has 0 aromatic heterocycles. The summed E-state index contributed by atoms with van der Waals surface area (Å²) < 4.78 is 4.95. The molecule has 2 atom stereocenters. The molecule has 0 aromatic carbocycles. The van der Waals surface area contributed by atoms with E-state index in [2.05, 4.69) is 17.1 Å². The lowest BCUT2D eigenvalue weighted by molar-refractivity contribution is -0.150. The highest BCUT2D eigenvalue weighted by atomic mass is 16.5. The van der Waals surface area contributed by atoms with E-state index in [9.17, 15) is 4.79 Å². The van der Waals surface area contributed by atoms with Crippen molar-refractivity contribution in [2.45, 2.75) is 31.7 Å². The Morgan fingerprint density at radius 2 is 2.25 bits per heavy atom. The molecule has 0 saturated heterocycles. The first-order valence-electron chi connectivity index (χ1n) is 6.01. The molecular weight excluding hydrogens is 204 g/mol. The molecule has 4 heteroatoms. The molecule has 1 aliphatic rings. The third-order valence-corrected chi connectivity index (χ3v) is 3.60. The number of likely N-dealkylation sites (N-methyl/N-ethyl adjacent to an activating group) is 1. The van der Waals surface area contributed by atoms with Crippen molar-refractivity contribution in [2.75, 3.05) is 34.3 Å². The summed E-state index contributed by atoms with van der Waals surface area (Å²) in [5.74, 6) is 0.262. The van der Waals surface area contributed by atoms with Gasteiger partial charge in [-0.05, 0) is 32.9 Å². The van der Waals surface area contributed by atoms with E-state index in [-0.39, 0.29) is 5.97 Å². The van der Waals surface area contributed by atoms with E-state index in [0.717, 1.165) is 32.4 Å². The van der Waals surface area contributed by atoms with Gasteiger partial charge in [-0.2, -0.15) is 0 Å². The molecule has 0 spiro atoms. The zero-order valence-electron chi connectivity index (χ0n) is 10.9. The zero-order chi connectivity index (χ0) is 12.2. The van der Waals surface area contributed by atoms with Crippen molar-refractivity contribution in [3.8, 4) is 0 Å². The molecule has 1 fully saturated rings. The maximum absolute atomic E-state index is 11.9. The summed E-state index contributed by atoms with van der Waals surface area (Å²) in [6.07, 6.45) is 3.10. The highest BCUT2D eigenvalue weighted by molar-refractivity contribution is 5.81. The van der Waals surface area contributed by atoms with Crippen LogP contribution in [0.15, 0.2) is 0 Å². The quantitative estimate of drug-likeness (QED) is 0.709. The number of methoxy groups -OCH3 is 1. The maximum atomic E-state index is 11.9. The number of rotatable bonds is 5. The summed E-state index contributed by atoms with van der Waals surface area (Å²) in [4.78, 5) is 14.0. The standard InChI is InChI=1S/C12H24N2O2/c1-10-6-5-7-12(10,11(15)16-4)13-8-9-14(2)3/h10,13H,5-9H2,1-4H3. The van der Waals surface area contributed by atoms with E-state index in [1.807, 2.05) is 14.1 Å². The van der Waals surface area contributed by atoms with Gasteiger partial charge in [0, 0.05) is 13.1 Å². The van der Waals surface area contributed by atoms with Crippen LogP contribution in [0.25, 0.3) is 0 Å². The Hall–Kier alpha value is -0.610. The minimum Gasteiger partial charge on any atom is -0.468 e. The van der Waals surface area contributed by atoms with Gasteiger partial charge in [0.1, 0.15) is 5.54 Å². The predicted molar refractivity (Wildman–Crippen MR) is 64.3 cm³/mol. The third kappa shape index (κ3) is 2.74. The minimum absolute atomic E-state index is 0.101. The number of esters is 1. The van der Waals surface area contributed by atoms with Gasteiger partial charge < -0.3 is 15.0 Å². The molecule has 1 aliphatic carbocycles. The molecule has 0 amide bonds. The van der Waals surface area contributed by atoms with Crippen LogP contribution in [-0.2, 0) is 9.53 Å². The fourth-order valence-corrected chi connectivity index (χ4v) is 2.50. The van der Waals surface area contributed by atoms with Gasteiger partial charge >= 0.3 is 5.97 Å². The number of ether oxygens (including phenoxy) is 1. The Balaban J connectivity index is 2.61. The van der Waals surface area contributed by atoms with Crippen molar-refractivity contribution in [1.82, 2.24) is 10.2 Å². The van der Waals surface area contributed by atoms with Gasteiger partial charge in [0.25, 0.3) is 0 Å². The molecule has 0 heterocycles. The van der Waals surface area contributed by atoms with Crippen LogP contribution in [0.2, 0.25) is 0 Å². The number of carbonyl (C=O) groups is 1. The van der Waals surface area contributed by atoms with Crippen LogP contribution in [0.3, 0.4) is 0 Å². The Bertz CT molecular complexity index is 243. The Morgan fingerprint density at radius 1 is 1.56 bits per heavy atom. The zero-order valence-corrected chi connectivity index (χ0v) is 10.9. The first-order valence-corrected chi connectivity index (χ1v) is 6.01. The molecule has 4 nitrogen and oxygen atoms in total. The Morgan fingerprint density at radius 3 is 2.69 bits per heavy atom. The summed E-state index contributed by atoms with van der Waals surface area (Å²) in [6, 6.07) is 0. The monoisotopic (exact) mass is 228 g/mol. The Kier molecular flexibility index (Phi) is 4.74. The molecule has 94 valence electrons. The number of nitrogens with one attached hydrogen (secondary N) is 1. The second kappa shape index (κ2) is 5.64.